The van der Waals surface area contributed by atoms with Crippen LogP contribution >= 0.6 is 0 Å². The van der Waals surface area contributed by atoms with Gasteiger partial charge in [-0.05, 0) is 23.6 Å². The minimum atomic E-state index is -0.917. The van der Waals surface area contributed by atoms with Gasteiger partial charge < -0.3 is 20.5 Å². The van der Waals surface area contributed by atoms with Gasteiger partial charge in [-0.1, -0.05) is 19.9 Å². The lowest BCUT2D eigenvalue weighted by atomic mass is 10.0. The first-order valence-corrected chi connectivity index (χ1v) is 6.24. The lowest BCUT2D eigenvalue weighted by molar-refractivity contribution is -0.120. The molecular weight excluding hydrogens is 244 g/mol. The normalized spacial score (nSPS) is 12.4. The number of rotatable bonds is 5. The van der Waals surface area contributed by atoms with Crippen LogP contribution in [-0.4, -0.2) is 37.8 Å². The summed E-state index contributed by atoms with van der Waals surface area (Å²) in [5, 5.41) is 8.94. The molecule has 0 bridgehead atoms. The Morgan fingerprint density at radius 1 is 1.47 bits per heavy atom. The monoisotopic (exact) mass is 266 g/mol. The Kier molecular flexibility index (Phi) is 5.32. The Bertz CT molecular complexity index is 446. The second kappa shape index (κ2) is 6.54. The number of likely N-dealkylation sites (N-methyl/N-ethyl adjacent to an activating group) is 1. The van der Waals surface area contributed by atoms with Gasteiger partial charge in [0.25, 0.3) is 0 Å². The van der Waals surface area contributed by atoms with Gasteiger partial charge in [-0.15, -0.1) is 0 Å². The number of nitrogens with two attached hydrogens (primary N) is 1. The Morgan fingerprint density at radius 2 is 2.11 bits per heavy atom. The number of carbonyl (C=O) groups is 1. The smallest absolute Gasteiger partial charge is 0.246 e. The maximum Gasteiger partial charge on any atom is 0.246 e. The van der Waals surface area contributed by atoms with E-state index in [0.29, 0.717) is 17.4 Å². The van der Waals surface area contributed by atoms with E-state index in [1.165, 1.54) is 4.90 Å². The molecule has 19 heavy (non-hydrogen) atoms. The molecule has 1 aromatic carbocycles. The highest BCUT2D eigenvalue weighted by Crippen LogP contribution is 2.31. The molecule has 0 aliphatic rings. The van der Waals surface area contributed by atoms with Crippen LogP contribution in [-0.2, 0) is 4.79 Å². The van der Waals surface area contributed by atoms with E-state index in [1.807, 2.05) is 18.2 Å². The number of benzene rings is 1. The van der Waals surface area contributed by atoms with Gasteiger partial charge >= 0.3 is 0 Å². The van der Waals surface area contributed by atoms with Crippen molar-refractivity contribution in [3.63, 3.8) is 0 Å². The third-order valence-corrected chi connectivity index (χ3v) is 3.08. The maximum atomic E-state index is 11.9. The van der Waals surface area contributed by atoms with Crippen LogP contribution in [0.3, 0.4) is 0 Å². The molecular formula is C14H22N2O3. The van der Waals surface area contributed by atoms with Crippen molar-refractivity contribution in [3.05, 3.63) is 23.8 Å². The van der Waals surface area contributed by atoms with E-state index in [9.17, 15) is 4.79 Å². The topological polar surface area (TPSA) is 75.8 Å². The molecule has 3 N–H and O–H groups in total. The second-order valence-electron chi connectivity index (χ2n) is 4.77. The number of aliphatic hydroxyl groups excluding tert-OH is 1. The molecule has 106 valence electrons. The van der Waals surface area contributed by atoms with Crippen LogP contribution < -0.4 is 15.4 Å². The molecule has 0 aliphatic carbocycles. The average molecular weight is 266 g/mol. The van der Waals surface area contributed by atoms with Crippen LogP contribution in [0.25, 0.3) is 0 Å². The van der Waals surface area contributed by atoms with Crippen molar-refractivity contribution >= 4 is 11.6 Å². The van der Waals surface area contributed by atoms with E-state index in [0.717, 1.165) is 5.56 Å². The largest absolute Gasteiger partial charge is 0.495 e. The highest BCUT2D eigenvalue weighted by molar-refractivity contribution is 5.97. The highest BCUT2D eigenvalue weighted by Gasteiger charge is 2.21. The SMILES string of the molecule is COc1cc(C(C)C)ccc1N(C)C(=O)C(N)CO. The second-order valence-corrected chi connectivity index (χ2v) is 4.77. The van der Waals surface area contributed by atoms with Crippen LogP contribution in [0.5, 0.6) is 5.75 Å². The lowest BCUT2D eigenvalue weighted by Gasteiger charge is -2.23. The summed E-state index contributed by atoms with van der Waals surface area (Å²) in [5.41, 5.74) is 7.31. The number of aliphatic hydroxyl groups is 1. The Morgan fingerprint density at radius 3 is 2.58 bits per heavy atom. The first kappa shape index (κ1) is 15.5. The van der Waals surface area contributed by atoms with Crippen molar-refractivity contribution < 1.29 is 14.6 Å². The quantitative estimate of drug-likeness (QED) is 0.837. The molecule has 0 radical (unpaired) electrons. The van der Waals surface area contributed by atoms with Gasteiger partial charge in [-0.25, -0.2) is 0 Å². The molecule has 1 atom stereocenters. The molecule has 0 spiro atoms. The molecule has 0 saturated heterocycles. The highest BCUT2D eigenvalue weighted by atomic mass is 16.5. The van der Waals surface area contributed by atoms with Crippen LogP contribution in [0.4, 0.5) is 5.69 Å². The van der Waals surface area contributed by atoms with E-state index in [-0.39, 0.29) is 12.5 Å². The summed E-state index contributed by atoms with van der Waals surface area (Å²) in [6.07, 6.45) is 0. The van der Waals surface area contributed by atoms with Crippen LogP contribution in [0.2, 0.25) is 0 Å². The number of nitrogens with zero attached hydrogens (tertiary/aromatic N) is 1. The van der Waals surface area contributed by atoms with Crippen molar-refractivity contribution in [2.24, 2.45) is 5.73 Å². The predicted molar refractivity (Wildman–Crippen MR) is 75.6 cm³/mol. The Labute approximate surface area is 114 Å². The van der Waals surface area contributed by atoms with Gasteiger partial charge in [0.05, 0.1) is 19.4 Å². The fraction of sp³-hybridized carbons (Fsp3) is 0.500. The molecule has 1 amide bonds. The maximum absolute atomic E-state index is 11.9. The van der Waals surface area contributed by atoms with E-state index in [1.54, 1.807) is 14.2 Å². The molecule has 1 rings (SSSR count). The standard InChI is InChI=1S/C14H22N2O3/c1-9(2)10-5-6-12(13(7-10)19-4)16(3)14(18)11(15)8-17/h5-7,9,11,17H,8,15H2,1-4H3. The molecule has 1 unspecified atom stereocenters. The third-order valence-electron chi connectivity index (χ3n) is 3.08. The van der Waals surface area contributed by atoms with Gasteiger partial charge in [-0.2, -0.15) is 0 Å². The molecule has 0 saturated carbocycles. The number of methoxy groups -OCH3 is 1. The molecule has 0 heterocycles. The average Bonchev–Trinajstić information content (AvgIpc) is 2.43. The van der Waals surface area contributed by atoms with Crippen LogP contribution in [0.15, 0.2) is 18.2 Å². The molecule has 1 aromatic rings. The summed E-state index contributed by atoms with van der Waals surface area (Å²) >= 11 is 0. The van der Waals surface area contributed by atoms with E-state index < -0.39 is 6.04 Å². The molecule has 5 nitrogen and oxygen atoms in total. The zero-order valence-electron chi connectivity index (χ0n) is 11.9. The summed E-state index contributed by atoms with van der Waals surface area (Å²) in [5.74, 6) is 0.647. The number of ether oxygens (including phenoxy) is 1. The van der Waals surface area contributed by atoms with Gasteiger partial charge in [0, 0.05) is 7.05 Å². The minimum Gasteiger partial charge on any atom is -0.495 e. The fourth-order valence-corrected chi connectivity index (χ4v) is 1.78. The first-order chi connectivity index (χ1) is 8.92. The molecule has 0 aromatic heterocycles. The van der Waals surface area contributed by atoms with Gasteiger partial charge in [-0.3, -0.25) is 4.79 Å². The number of carbonyl (C=O) groups excluding carboxylic acids is 1. The van der Waals surface area contributed by atoms with Gasteiger partial charge in [0.15, 0.2) is 0 Å². The summed E-state index contributed by atoms with van der Waals surface area (Å²) in [4.78, 5) is 13.4. The van der Waals surface area contributed by atoms with E-state index in [4.69, 9.17) is 15.6 Å². The fourth-order valence-electron chi connectivity index (χ4n) is 1.78. The van der Waals surface area contributed by atoms with Crippen molar-refractivity contribution in [1.29, 1.82) is 0 Å². The van der Waals surface area contributed by atoms with E-state index >= 15 is 0 Å². The lowest BCUT2D eigenvalue weighted by Crippen LogP contribution is -2.44. The third kappa shape index (κ3) is 3.45. The Balaban J connectivity index is 3.09. The van der Waals surface area contributed by atoms with Crippen molar-refractivity contribution in [2.45, 2.75) is 25.8 Å². The zero-order chi connectivity index (χ0) is 14.6. The van der Waals surface area contributed by atoms with Crippen molar-refractivity contribution in [2.75, 3.05) is 25.7 Å². The van der Waals surface area contributed by atoms with Crippen LogP contribution in [0.1, 0.15) is 25.3 Å². The summed E-state index contributed by atoms with van der Waals surface area (Å²) in [7, 11) is 3.18. The van der Waals surface area contributed by atoms with Gasteiger partial charge in [0.2, 0.25) is 5.91 Å². The summed E-state index contributed by atoms with van der Waals surface area (Å²) in [6.45, 7) is 3.80. The number of hydrogen-bond donors (Lipinski definition) is 2. The van der Waals surface area contributed by atoms with Gasteiger partial charge in [0.1, 0.15) is 11.8 Å². The van der Waals surface area contributed by atoms with Crippen LogP contribution in [0, 0.1) is 0 Å². The van der Waals surface area contributed by atoms with Crippen molar-refractivity contribution in [3.8, 4) is 5.75 Å². The minimum absolute atomic E-state index is 0.349. The number of anilines is 1. The molecule has 5 heteroatoms. The van der Waals surface area contributed by atoms with E-state index in [2.05, 4.69) is 13.8 Å². The van der Waals surface area contributed by atoms with Crippen molar-refractivity contribution in [1.82, 2.24) is 0 Å². The zero-order valence-corrected chi connectivity index (χ0v) is 11.9. The number of hydrogen-bond acceptors (Lipinski definition) is 4. The number of amides is 1. The predicted octanol–water partition coefficient (Wildman–Crippen LogP) is 1.10. The summed E-state index contributed by atoms with van der Waals surface area (Å²) < 4.78 is 5.32. The molecule has 0 aliphatic heterocycles. The first-order valence-electron chi connectivity index (χ1n) is 6.24. The summed E-state index contributed by atoms with van der Waals surface area (Å²) in [6, 6.07) is 4.78. The Hall–Kier alpha value is -1.59. The molecule has 0 fully saturated rings.